The Morgan fingerprint density at radius 3 is 3.50 bits per heavy atom. The summed E-state index contributed by atoms with van der Waals surface area (Å²) >= 11 is 0. The van der Waals surface area contributed by atoms with Gasteiger partial charge in [-0.2, -0.15) is 0 Å². The standard InChI is InChI=1S/C5H5S3/c1-3-6-8-5(1)2-4-7-8/h1-3H,4H2/q+1. The number of hydrogen-bond acceptors (Lipinski definition) is 2. The van der Waals surface area contributed by atoms with E-state index in [2.05, 4.69) is 17.6 Å². The molecule has 0 N–H and O–H groups in total. The highest BCUT2D eigenvalue weighted by Crippen LogP contribution is 2.46. The Morgan fingerprint density at radius 1 is 1.62 bits per heavy atom. The van der Waals surface area contributed by atoms with Gasteiger partial charge in [-0.1, -0.05) is 0 Å². The fraction of sp³-hybridized carbons (Fsp3) is 0.200. The predicted octanol–water partition coefficient (Wildman–Crippen LogP) is 2.33. The highest BCUT2D eigenvalue weighted by atomic mass is 33.5. The Labute approximate surface area is 58.9 Å². The quantitative estimate of drug-likeness (QED) is 0.395. The van der Waals surface area contributed by atoms with Crippen molar-refractivity contribution in [3.8, 4) is 0 Å². The summed E-state index contributed by atoms with van der Waals surface area (Å²) < 4.78 is 0. The molecule has 1 unspecified atom stereocenters. The second kappa shape index (κ2) is 2.05. The Kier molecular flexibility index (Phi) is 1.36. The maximum atomic E-state index is 2.32. The van der Waals surface area contributed by atoms with E-state index >= 15 is 0 Å². The lowest BCUT2D eigenvalue weighted by Crippen LogP contribution is -1.75. The molecule has 0 amide bonds. The number of hydrogen-bond donors (Lipinski definition) is 0. The van der Waals surface area contributed by atoms with Gasteiger partial charge in [0.2, 0.25) is 0 Å². The lowest BCUT2D eigenvalue weighted by atomic mass is 10.5. The summed E-state index contributed by atoms with van der Waals surface area (Å²) in [6.45, 7) is 0. The Morgan fingerprint density at radius 2 is 2.62 bits per heavy atom. The van der Waals surface area contributed by atoms with E-state index in [1.807, 2.05) is 21.6 Å². The summed E-state index contributed by atoms with van der Waals surface area (Å²) in [6, 6.07) is 0. The Hall–Kier alpha value is 0.530. The van der Waals surface area contributed by atoms with Crippen molar-refractivity contribution in [1.29, 1.82) is 0 Å². The van der Waals surface area contributed by atoms with Crippen LogP contribution in [0.4, 0.5) is 0 Å². The molecule has 2 aliphatic heterocycles. The normalized spacial score (nSPS) is 33.0. The van der Waals surface area contributed by atoms with E-state index < -0.39 is 0 Å². The van der Waals surface area contributed by atoms with Crippen LogP contribution in [0.2, 0.25) is 0 Å². The van der Waals surface area contributed by atoms with E-state index in [9.17, 15) is 0 Å². The Bertz CT molecular complexity index is 159. The largest absolute Gasteiger partial charge is 0.179 e. The van der Waals surface area contributed by atoms with E-state index in [-0.39, 0.29) is 0 Å². The van der Waals surface area contributed by atoms with Crippen LogP contribution in [0.5, 0.6) is 0 Å². The van der Waals surface area contributed by atoms with Crippen LogP contribution in [0.15, 0.2) is 22.5 Å². The van der Waals surface area contributed by atoms with Gasteiger partial charge < -0.3 is 0 Å². The second-order valence-electron chi connectivity index (χ2n) is 1.52. The second-order valence-corrected chi connectivity index (χ2v) is 7.42. The molecule has 1 atom stereocenters. The van der Waals surface area contributed by atoms with Crippen LogP contribution in [0.25, 0.3) is 0 Å². The average Bonchev–Trinajstić information content (AvgIpc) is 2.15. The van der Waals surface area contributed by atoms with Crippen molar-refractivity contribution in [2.45, 2.75) is 0 Å². The summed E-state index contributed by atoms with van der Waals surface area (Å²) in [5, 5.41) is 2.20. The molecule has 8 heavy (non-hydrogen) atoms. The maximum absolute atomic E-state index is 2.32. The third-order valence-electron chi connectivity index (χ3n) is 1.03. The first-order valence-corrected chi connectivity index (χ1v) is 6.50. The molecular weight excluding hydrogens is 156 g/mol. The van der Waals surface area contributed by atoms with Gasteiger partial charge in [0.05, 0.1) is 5.75 Å². The third kappa shape index (κ3) is 0.731. The van der Waals surface area contributed by atoms with Crippen LogP contribution in [0.3, 0.4) is 0 Å². The maximum Gasteiger partial charge on any atom is 0.179 e. The highest BCUT2D eigenvalue weighted by molar-refractivity contribution is 9.08. The van der Waals surface area contributed by atoms with E-state index in [4.69, 9.17) is 0 Å². The molecule has 0 aromatic carbocycles. The molecule has 2 aliphatic rings. The molecule has 0 aromatic heterocycles. The minimum atomic E-state index is 0.515. The summed E-state index contributed by atoms with van der Waals surface area (Å²) in [7, 11) is 4.52. The molecule has 0 radical (unpaired) electrons. The zero-order chi connectivity index (χ0) is 5.40. The minimum Gasteiger partial charge on any atom is -0.0122 e. The predicted molar refractivity (Wildman–Crippen MR) is 44.6 cm³/mol. The molecule has 2 heterocycles. The topological polar surface area (TPSA) is 0 Å². The Balaban J connectivity index is 2.31. The van der Waals surface area contributed by atoms with Crippen molar-refractivity contribution in [3.63, 3.8) is 0 Å². The van der Waals surface area contributed by atoms with Crippen molar-refractivity contribution in [2.75, 3.05) is 5.75 Å². The van der Waals surface area contributed by atoms with Crippen molar-refractivity contribution in [2.24, 2.45) is 0 Å². The zero-order valence-corrected chi connectivity index (χ0v) is 6.61. The van der Waals surface area contributed by atoms with Gasteiger partial charge in [0.25, 0.3) is 0 Å². The van der Waals surface area contributed by atoms with Crippen molar-refractivity contribution in [1.82, 2.24) is 0 Å². The molecule has 0 spiro atoms. The molecule has 0 aromatic rings. The number of fused-ring (bicyclic) bond motifs is 1. The summed E-state index contributed by atoms with van der Waals surface area (Å²) in [5.41, 5.74) is 0. The van der Waals surface area contributed by atoms with E-state index in [0.717, 1.165) is 0 Å². The van der Waals surface area contributed by atoms with Gasteiger partial charge in [0.15, 0.2) is 13.9 Å². The van der Waals surface area contributed by atoms with Crippen molar-refractivity contribution in [3.05, 3.63) is 22.5 Å². The SMILES string of the molecule is C1=CC2=CCS[S+]2S1. The van der Waals surface area contributed by atoms with Crippen LogP contribution in [0, 0.1) is 0 Å². The van der Waals surface area contributed by atoms with Gasteiger partial charge in [0, 0.05) is 11.5 Å². The number of rotatable bonds is 0. The van der Waals surface area contributed by atoms with Crippen LogP contribution in [-0.2, 0) is 8.96 Å². The zero-order valence-electron chi connectivity index (χ0n) is 4.16. The average molecular weight is 161 g/mol. The molecule has 0 fully saturated rings. The first-order chi connectivity index (χ1) is 3.97. The molecule has 0 aliphatic carbocycles. The minimum absolute atomic E-state index is 0.515. The van der Waals surface area contributed by atoms with Crippen molar-refractivity contribution < 1.29 is 0 Å². The summed E-state index contributed by atoms with van der Waals surface area (Å²) in [5.74, 6) is 1.23. The van der Waals surface area contributed by atoms with Gasteiger partial charge >= 0.3 is 0 Å². The summed E-state index contributed by atoms with van der Waals surface area (Å²) in [4.78, 5) is 1.56. The van der Waals surface area contributed by atoms with E-state index in [0.29, 0.717) is 8.96 Å². The molecule has 0 bridgehead atoms. The van der Waals surface area contributed by atoms with Gasteiger partial charge in [0.1, 0.15) is 21.6 Å². The van der Waals surface area contributed by atoms with Crippen molar-refractivity contribution >= 4 is 30.5 Å². The first kappa shape index (κ1) is 5.33. The molecule has 0 saturated heterocycles. The highest BCUT2D eigenvalue weighted by Gasteiger charge is 2.34. The fourth-order valence-electron chi connectivity index (χ4n) is 0.666. The first-order valence-electron chi connectivity index (χ1n) is 2.38. The van der Waals surface area contributed by atoms with E-state index in [1.165, 1.54) is 5.75 Å². The van der Waals surface area contributed by atoms with Gasteiger partial charge in [-0.05, 0) is 6.08 Å². The molecule has 42 valence electrons. The molecule has 0 nitrogen and oxygen atoms in total. The lowest BCUT2D eigenvalue weighted by molar-refractivity contribution is 1.77. The van der Waals surface area contributed by atoms with Gasteiger partial charge in [-0.3, -0.25) is 0 Å². The number of allylic oxidation sites excluding steroid dienone is 1. The van der Waals surface area contributed by atoms with Crippen LogP contribution in [-0.4, -0.2) is 5.75 Å². The summed E-state index contributed by atoms with van der Waals surface area (Å²) in [6.07, 6.45) is 4.55. The van der Waals surface area contributed by atoms with Gasteiger partial charge in [-0.15, -0.1) is 0 Å². The molecule has 3 heteroatoms. The van der Waals surface area contributed by atoms with Gasteiger partial charge in [-0.25, -0.2) is 0 Å². The van der Waals surface area contributed by atoms with Crippen LogP contribution < -0.4 is 0 Å². The molecular formula is C5H5S3+. The van der Waals surface area contributed by atoms with Crippen LogP contribution >= 0.6 is 21.6 Å². The lowest BCUT2D eigenvalue weighted by Gasteiger charge is -1.81. The smallest absolute Gasteiger partial charge is 0.0122 e. The third-order valence-corrected chi connectivity index (χ3v) is 7.29. The monoisotopic (exact) mass is 161 g/mol. The van der Waals surface area contributed by atoms with Crippen LogP contribution in [0.1, 0.15) is 0 Å². The fourth-order valence-corrected chi connectivity index (χ4v) is 6.34. The molecule has 0 saturated carbocycles. The molecule has 2 rings (SSSR count). The van der Waals surface area contributed by atoms with E-state index in [1.54, 1.807) is 4.91 Å².